The largest absolute Gasteiger partial charge is 0.478 e. The van der Waals surface area contributed by atoms with Crippen LogP contribution in [0.4, 0.5) is 5.82 Å². The van der Waals surface area contributed by atoms with E-state index >= 15 is 0 Å². The third-order valence-electron chi connectivity index (χ3n) is 3.18. The Hall–Kier alpha value is -1.62. The second-order valence-electron chi connectivity index (χ2n) is 4.49. The molecule has 1 aliphatic heterocycles. The van der Waals surface area contributed by atoms with Crippen LogP contribution in [0.2, 0.25) is 0 Å². The molecule has 0 aliphatic carbocycles. The molecule has 0 spiro atoms. The molecular formula is C12H16N2O3. The number of pyridine rings is 1. The van der Waals surface area contributed by atoms with Crippen molar-refractivity contribution in [3.8, 4) is 0 Å². The number of anilines is 1. The van der Waals surface area contributed by atoms with Gasteiger partial charge in [0, 0.05) is 19.3 Å². The number of aliphatic hydroxyl groups is 1. The lowest BCUT2D eigenvalue weighted by Crippen LogP contribution is -2.42. The molecule has 2 heterocycles. The Morgan fingerprint density at radius 2 is 2.29 bits per heavy atom. The molecule has 5 heteroatoms. The van der Waals surface area contributed by atoms with Crippen molar-refractivity contribution in [2.75, 3.05) is 18.0 Å². The Bertz CT molecular complexity index is 405. The van der Waals surface area contributed by atoms with Crippen LogP contribution in [-0.4, -0.2) is 40.4 Å². The molecule has 1 saturated heterocycles. The molecule has 0 aromatic carbocycles. The molecule has 1 aromatic heterocycles. The second-order valence-corrected chi connectivity index (χ2v) is 4.49. The predicted molar refractivity (Wildman–Crippen MR) is 63.2 cm³/mol. The van der Waals surface area contributed by atoms with Gasteiger partial charge in [-0.2, -0.15) is 0 Å². The van der Waals surface area contributed by atoms with Crippen molar-refractivity contribution in [2.24, 2.45) is 5.92 Å². The van der Waals surface area contributed by atoms with Gasteiger partial charge in [-0.15, -0.1) is 0 Å². The highest BCUT2D eigenvalue weighted by Crippen LogP contribution is 2.21. The average Bonchev–Trinajstić information content (AvgIpc) is 2.33. The van der Waals surface area contributed by atoms with Gasteiger partial charge >= 0.3 is 5.97 Å². The van der Waals surface area contributed by atoms with Gasteiger partial charge in [0.25, 0.3) is 0 Å². The van der Waals surface area contributed by atoms with Crippen LogP contribution in [0.15, 0.2) is 18.3 Å². The van der Waals surface area contributed by atoms with Gasteiger partial charge in [-0.05, 0) is 24.5 Å². The highest BCUT2D eigenvalue weighted by Gasteiger charge is 2.24. The lowest BCUT2D eigenvalue weighted by Gasteiger charge is -2.35. The van der Waals surface area contributed by atoms with Crippen LogP contribution in [0.25, 0.3) is 0 Å². The summed E-state index contributed by atoms with van der Waals surface area (Å²) in [7, 11) is 0. The maximum absolute atomic E-state index is 10.7. The van der Waals surface area contributed by atoms with E-state index in [4.69, 9.17) is 5.11 Å². The molecule has 2 atom stereocenters. The zero-order valence-electron chi connectivity index (χ0n) is 9.71. The number of hydrogen-bond donors (Lipinski definition) is 2. The third kappa shape index (κ3) is 2.55. The maximum Gasteiger partial charge on any atom is 0.337 e. The van der Waals surface area contributed by atoms with E-state index in [1.54, 1.807) is 12.1 Å². The Balaban J connectivity index is 2.10. The molecular weight excluding hydrogens is 220 g/mol. The molecule has 0 amide bonds. The lowest BCUT2D eigenvalue weighted by atomic mass is 9.97. The van der Waals surface area contributed by atoms with Gasteiger partial charge in [0.1, 0.15) is 5.82 Å². The standard InChI is InChI=1S/C12H16N2O3/c1-8-7-14(5-4-10(8)15)11-3-2-9(6-13-11)12(16)17/h2-3,6,8,10,15H,4-5,7H2,1H3,(H,16,17). The smallest absolute Gasteiger partial charge is 0.337 e. The van der Waals surface area contributed by atoms with Crippen LogP contribution in [0.5, 0.6) is 0 Å². The van der Waals surface area contributed by atoms with Crippen LogP contribution in [-0.2, 0) is 0 Å². The van der Waals surface area contributed by atoms with Gasteiger partial charge in [-0.1, -0.05) is 6.92 Å². The summed E-state index contributed by atoms with van der Waals surface area (Å²) in [6.07, 6.45) is 1.85. The highest BCUT2D eigenvalue weighted by atomic mass is 16.4. The monoisotopic (exact) mass is 236 g/mol. The Morgan fingerprint density at radius 1 is 1.53 bits per heavy atom. The van der Waals surface area contributed by atoms with Crippen LogP contribution in [0.3, 0.4) is 0 Å². The first-order valence-electron chi connectivity index (χ1n) is 5.70. The van der Waals surface area contributed by atoms with E-state index < -0.39 is 5.97 Å². The minimum Gasteiger partial charge on any atom is -0.478 e. The molecule has 0 radical (unpaired) electrons. The van der Waals surface area contributed by atoms with Crippen molar-refractivity contribution in [3.63, 3.8) is 0 Å². The number of aromatic nitrogens is 1. The first-order chi connectivity index (χ1) is 8.08. The fourth-order valence-corrected chi connectivity index (χ4v) is 2.04. The number of carboxylic acids is 1. The van der Waals surface area contributed by atoms with Gasteiger partial charge in [0.05, 0.1) is 11.7 Å². The van der Waals surface area contributed by atoms with E-state index in [1.807, 2.05) is 6.92 Å². The van der Waals surface area contributed by atoms with E-state index in [2.05, 4.69) is 9.88 Å². The number of hydrogen-bond acceptors (Lipinski definition) is 4. The van der Waals surface area contributed by atoms with Gasteiger partial charge in [0.15, 0.2) is 0 Å². The van der Waals surface area contributed by atoms with E-state index in [0.717, 1.165) is 25.3 Å². The van der Waals surface area contributed by atoms with Crippen molar-refractivity contribution in [1.29, 1.82) is 0 Å². The number of nitrogens with zero attached hydrogens (tertiary/aromatic N) is 2. The van der Waals surface area contributed by atoms with Gasteiger partial charge < -0.3 is 15.1 Å². The van der Waals surface area contributed by atoms with E-state index in [0.29, 0.717) is 0 Å². The molecule has 0 saturated carbocycles. The predicted octanol–water partition coefficient (Wildman–Crippen LogP) is 0.987. The van der Waals surface area contributed by atoms with Crippen LogP contribution < -0.4 is 4.90 Å². The van der Waals surface area contributed by atoms with Crippen molar-refractivity contribution < 1.29 is 15.0 Å². The molecule has 2 rings (SSSR count). The van der Waals surface area contributed by atoms with Crippen molar-refractivity contribution in [2.45, 2.75) is 19.4 Å². The zero-order chi connectivity index (χ0) is 12.4. The number of carboxylic acid groups (broad SMARTS) is 1. The van der Waals surface area contributed by atoms with E-state index in [1.165, 1.54) is 6.20 Å². The van der Waals surface area contributed by atoms with Gasteiger partial charge in [-0.25, -0.2) is 9.78 Å². The molecule has 2 N–H and O–H groups in total. The number of aromatic carboxylic acids is 1. The van der Waals surface area contributed by atoms with E-state index in [9.17, 15) is 9.90 Å². The summed E-state index contributed by atoms with van der Waals surface area (Å²) < 4.78 is 0. The second kappa shape index (κ2) is 4.71. The summed E-state index contributed by atoms with van der Waals surface area (Å²) in [4.78, 5) is 16.9. The number of aliphatic hydroxyl groups excluding tert-OH is 1. The topological polar surface area (TPSA) is 73.7 Å². The number of rotatable bonds is 2. The summed E-state index contributed by atoms with van der Waals surface area (Å²) >= 11 is 0. The quantitative estimate of drug-likeness (QED) is 0.801. The molecule has 17 heavy (non-hydrogen) atoms. The Morgan fingerprint density at radius 3 is 2.82 bits per heavy atom. The SMILES string of the molecule is CC1CN(c2ccc(C(=O)O)cn2)CCC1O. The summed E-state index contributed by atoms with van der Waals surface area (Å²) in [5.41, 5.74) is 0.193. The molecule has 1 aliphatic rings. The summed E-state index contributed by atoms with van der Waals surface area (Å²) in [6, 6.07) is 3.27. The first-order valence-corrected chi connectivity index (χ1v) is 5.70. The first kappa shape index (κ1) is 11.9. The average molecular weight is 236 g/mol. The summed E-state index contributed by atoms with van der Waals surface area (Å²) in [6.45, 7) is 3.51. The molecule has 92 valence electrons. The Labute approximate surface area is 99.7 Å². The minimum atomic E-state index is -0.966. The zero-order valence-corrected chi connectivity index (χ0v) is 9.71. The summed E-state index contributed by atoms with van der Waals surface area (Å²) in [5, 5.41) is 18.4. The molecule has 1 aromatic rings. The van der Waals surface area contributed by atoms with Gasteiger partial charge in [0.2, 0.25) is 0 Å². The fourth-order valence-electron chi connectivity index (χ4n) is 2.04. The summed E-state index contributed by atoms with van der Waals surface area (Å²) in [5.74, 6) is 0.0185. The molecule has 2 unspecified atom stereocenters. The maximum atomic E-state index is 10.7. The van der Waals surface area contributed by atoms with Crippen LogP contribution in [0.1, 0.15) is 23.7 Å². The van der Waals surface area contributed by atoms with Crippen molar-refractivity contribution in [3.05, 3.63) is 23.9 Å². The van der Waals surface area contributed by atoms with Crippen LogP contribution in [0, 0.1) is 5.92 Å². The van der Waals surface area contributed by atoms with E-state index in [-0.39, 0.29) is 17.6 Å². The Kier molecular flexibility index (Phi) is 3.28. The number of carbonyl (C=O) groups is 1. The lowest BCUT2D eigenvalue weighted by molar-refractivity contribution is 0.0696. The highest BCUT2D eigenvalue weighted by molar-refractivity contribution is 5.87. The minimum absolute atomic E-state index is 0.193. The third-order valence-corrected chi connectivity index (χ3v) is 3.18. The van der Waals surface area contributed by atoms with Gasteiger partial charge in [-0.3, -0.25) is 0 Å². The molecule has 5 nitrogen and oxygen atoms in total. The van der Waals surface area contributed by atoms with Crippen molar-refractivity contribution >= 4 is 11.8 Å². The molecule has 0 bridgehead atoms. The molecule has 1 fully saturated rings. The van der Waals surface area contributed by atoms with Crippen molar-refractivity contribution in [1.82, 2.24) is 4.98 Å². The fraction of sp³-hybridized carbons (Fsp3) is 0.500. The normalized spacial score (nSPS) is 24.7. The van der Waals surface area contributed by atoms with Crippen LogP contribution >= 0.6 is 0 Å². The number of piperidine rings is 1.